The number of benzene rings is 1. The number of carbonyl (C=O) groups excluding carboxylic acids is 1. The number of rotatable bonds is 4. The summed E-state index contributed by atoms with van der Waals surface area (Å²) in [4.78, 5) is 11.6. The highest BCUT2D eigenvalue weighted by atomic mass is 16.5. The van der Waals surface area contributed by atoms with Crippen LogP contribution in [0.25, 0.3) is 0 Å². The highest BCUT2D eigenvalue weighted by Crippen LogP contribution is 2.34. The van der Waals surface area contributed by atoms with Crippen LogP contribution in [0.1, 0.15) is 60.2 Å². The van der Waals surface area contributed by atoms with Crippen LogP contribution in [0.3, 0.4) is 0 Å². The van der Waals surface area contributed by atoms with Gasteiger partial charge in [-0.05, 0) is 25.8 Å². The van der Waals surface area contributed by atoms with Crippen molar-refractivity contribution in [1.82, 2.24) is 0 Å². The lowest BCUT2D eigenvalue weighted by molar-refractivity contribution is 0.0363. The number of carbonyl (C=O) groups is 1. The van der Waals surface area contributed by atoms with Crippen LogP contribution in [-0.2, 0) is 4.74 Å². The first-order valence-electron chi connectivity index (χ1n) is 6.04. The van der Waals surface area contributed by atoms with E-state index >= 15 is 0 Å². The molecule has 1 aliphatic heterocycles. The highest BCUT2D eigenvalue weighted by Gasteiger charge is 2.30. The normalized spacial score (nSPS) is 18.4. The van der Waals surface area contributed by atoms with E-state index in [0.29, 0.717) is 0 Å². The van der Waals surface area contributed by atoms with Crippen molar-refractivity contribution >= 4 is 5.97 Å². The molecule has 86 valence electrons. The molecule has 0 amide bonds. The summed E-state index contributed by atoms with van der Waals surface area (Å²) in [5, 5.41) is 0. The molecule has 0 fully saturated rings. The van der Waals surface area contributed by atoms with E-state index in [-0.39, 0.29) is 12.1 Å². The van der Waals surface area contributed by atoms with Gasteiger partial charge in [0.05, 0.1) is 5.56 Å². The Labute approximate surface area is 96.6 Å². The van der Waals surface area contributed by atoms with E-state index in [1.54, 1.807) is 0 Å². The van der Waals surface area contributed by atoms with Gasteiger partial charge in [-0.2, -0.15) is 0 Å². The first-order chi connectivity index (χ1) is 7.72. The molecule has 0 aliphatic carbocycles. The molecule has 0 aromatic heterocycles. The van der Waals surface area contributed by atoms with Gasteiger partial charge in [-0.3, -0.25) is 0 Å². The minimum atomic E-state index is -0.156. The zero-order valence-electron chi connectivity index (χ0n) is 9.95. The molecule has 0 unspecified atom stereocenters. The summed E-state index contributed by atoms with van der Waals surface area (Å²) in [6, 6.07) is 5.93. The fourth-order valence-electron chi connectivity index (χ4n) is 2.18. The molecule has 1 aromatic carbocycles. The summed E-state index contributed by atoms with van der Waals surface area (Å²) in [6.07, 6.45) is 4.47. The van der Waals surface area contributed by atoms with Crippen molar-refractivity contribution in [2.24, 2.45) is 0 Å². The van der Waals surface area contributed by atoms with Crippen LogP contribution in [-0.4, -0.2) is 5.97 Å². The maximum Gasteiger partial charge on any atom is 0.339 e. The molecule has 1 aliphatic rings. The molecule has 0 bridgehead atoms. The minimum Gasteiger partial charge on any atom is -0.454 e. The summed E-state index contributed by atoms with van der Waals surface area (Å²) in [6.45, 7) is 4.23. The van der Waals surface area contributed by atoms with Gasteiger partial charge < -0.3 is 4.74 Å². The maximum atomic E-state index is 11.6. The van der Waals surface area contributed by atoms with E-state index in [1.807, 2.05) is 19.1 Å². The van der Waals surface area contributed by atoms with Gasteiger partial charge in [0.2, 0.25) is 0 Å². The Morgan fingerprint density at radius 2 is 2.12 bits per heavy atom. The first-order valence-corrected chi connectivity index (χ1v) is 6.04. The molecule has 0 N–H and O–H groups in total. The van der Waals surface area contributed by atoms with Crippen LogP contribution >= 0.6 is 0 Å². The predicted molar refractivity (Wildman–Crippen MR) is 63.5 cm³/mol. The zero-order valence-corrected chi connectivity index (χ0v) is 9.95. The molecule has 2 rings (SSSR count). The molecular weight excluding hydrogens is 200 g/mol. The SMILES string of the molecule is CCCCC[C@@H]1OC(=O)c2ccc(C)cc21. The van der Waals surface area contributed by atoms with Crippen molar-refractivity contribution in [1.29, 1.82) is 0 Å². The Morgan fingerprint density at radius 3 is 2.88 bits per heavy atom. The smallest absolute Gasteiger partial charge is 0.339 e. The molecule has 16 heavy (non-hydrogen) atoms. The van der Waals surface area contributed by atoms with Crippen molar-refractivity contribution in [2.75, 3.05) is 0 Å². The summed E-state index contributed by atoms with van der Waals surface area (Å²) in [5.41, 5.74) is 3.03. The number of fused-ring (bicyclic) bond motifs is 1. The third kappa shape index (κ3) is 2.11. The van der Waals surface area contributed by atoms with E-state index in [4.69, 9.17) is 4.74 Å². The summed E-state index contributed by atoms with van der Waals surface area (Å²) in [7, 11) is 0. The first kappa shape index (κ1) is 11.2. The van der Waals surface area contributed by atoms with Crippen LogP contribution in [0.4, 0.5) is 0 Å². The second kappa shape index (κ2) is 4.69. The molecule has 1 heterocycles. The third-order valence-corrected chi connectivity index (χ3v) is 3.09. The fraction of sp³-hybridized carbons (Fsp3) is 0.500. The van der Waals surface area contributed by atoms with E-state index in [2.05, 4.69) is 13.0 Å². The van der Waals surface area contributed by atoms with Gasteiger partial charge in [0.1, 0.15) is 6.10 Å². The van der Waals surface area contributed by atoms with Crippen LogP contribution in [0.15, 0.2) is 18.2 Å². The second-order valence-corrected chi connectivity index (χ2v) is 4.48. The van der Waals surface area contributed by atoms with Crippen molar-refractivity contribution in [3.05, 3.63) is 34.9 Å². The highest BCUT2D eigenvalue weighted by molar-refractivity contribution is 5.94. The molecule has 1 atom stereocenters. The Balaban J connectivity index is 2.14. The molecule has 2 heteroatoms. The topological polar surface area (TPSA) is 26.3 Å². The number of hydrogen-bond donors (Lipinski definition) is 0. The van der Waals surface area contributed by atoms with Crippen molar-refractivity contribution in [3.8, 4) is 0 Å². The Kier molecular flexibility index (Phi) is 3.28. The standard InChI is InChI=1S/C14H18O2/c1-3-4-5-6-13-12-9-10(2)7-8-11(12)14(15)16-13/h7-9,13H,3-6H2,1-2H3/t13-/m0/s1. The molecule has 0 saturated carbocycles. The lowest BCUT2D eigenvalue weighted by Crippen LogP contribution is -1.98. The van der Waals surface area contributed by atoms with Crippen molar-refractivity contribution in [3.63, 3.8) is 0 Å². The monoisotopic (exact) mass is 218 g/mol. The quantitative estimate of drug-likeness (QED) is 0.567. The van der Waals surface area contributed by atoms with Crippen molar-refractivity contribution in [2.45, 2.75) is 45.6 Å². The van der Waals surface area contributed by atoms with Gasteiger partial charge in [-0.15, -0.1) is 0 Å². The molecule has 2 nitrogen and oxygen atoms in total. The largest absolute Gasteiger partial charge is 0.454 e. The van der Waals surface area contributed by atoms with Gasteiger partial charge in [0.25, 0.3) is 0 Å². The van der Waals surface area contributed by atoms with Crippen LogP contribution in [0.5, 0.6) is 0 Å². The van der Waals surface area contributed by atoms with Crippen LogP contribution in [0, 0.1) is 6.92 Å². The Hall–Kier alpha value is -1.31. The van der Waals surface area contributed by atoms with E-state index in [1.165, 1.54) is 18.4 Å². The lowest BCUT2D eigenvalue weighted by Gasteiger charge is -2.10. The third-order valence-electron chi connectivity index (χ3n) is 3.09. The number of cyclic esters (lactones) is 1. The molecule has 1 aromatic rings. The second-order valence-electron chi connectivity index (χ2n) is 4.48. The fourth-order valence-corrected chi connectivity index (χ4v) is 2.18. The summed E-state index contributed by atoms with van der Waals surface area (Å²) < 4.78 is 5.39. The molecule has 0 spiro atoms. The van der Waals surface area contributed by atoms with E-state index in [0.717, 1.165) is 24.0 Å². The number of aryl methyl sites for hydroxylation is 1. The number of ether oxygens (including phenoxy) is 1. The molecular formula is C14H18O2. The summed E-state index contributed by atoms with van der Waals surface area (Å²) in [5.74, 6) is -0.156. The van der Waals surface area contributed by atoms with Crippen LogP contribution < -0.4 is 0 Å². The molecule has 0 radical (unpaired) electrons. The van der Waals surface area contributed by atoms with Gasteiger partial charge in [0.15, 0.2) is 0 Å². The Morgan fingerprint density at radius 1 is 1.31 bits per heavy atom. The van der Waals surface area contributed by atoms with Crippen molar-refractivity contribution < 1.29 is 9.53 Å². The van der Waals surface area contributed by atoms with E-state index in [9.17, 15) is 4.79 Å². The average molecular weight is 218 g/mol. The summed E-state index contributed by atoms with van der Waals surface area (Å²) >= 11 is 0. The zero-order chi connectivity index (χ0) is 11.5. The lowest BCUT2D eigenvalue weighted by atomic mass is 9.99. The van der Waals surface area contributed by atoms with Crippen LogP contribution in [0.2, 0.25) is 0 Å². The minimum absolute atomic E-state index is 0.00560. The molecule has 0 saturated heterocycles. The number of esters is 1. The Bertz CT molecular complexity index is 396. The predicted octanol–water partition coefficient (Wildman–Crippen LogP) is 3.79. The van der Waals surface area contributed by atoms with Gasteiger partial charge >= 0.3 is 5.97 Å². The van der Waals surface area contributed by atoms with Gasteiger partial charge in [-0.1, -0.05) is 37.5 Å². The van der Waals surface area contributed by atoms with Gasteiger partial charge in [-0.25, -0.2) is 4.79 Å². The van der Waals surface area contributed by atoms with E-state index < -0.39 is 0 Å². The number of unbranched alkanes of at least 4 members (excludes halogenated alkanes) is 2. The number of hydrogen-bond acceptors (Lipinski definition) is 2. The average Bonchev–Trinajstić information content (AvgIpc) is 2.56. The maximum absolute atomic E-state index is 11.6. The van der Waals surface area contributed by atoms with Gasteiger partial charge in [0, 0.05) is 5.56 Å².